The molecule has 0 rings (SSSR count). The molecule has 0 spiro atoms. The van der Waals surface area contributed by atoms with Gasteiger partial charge in [-0.3, -0.25) is 0 Å². The van der Waals surface area contributed by atoms with Crippen LogP contribution in [0.4, 0.5) is 0 Å². The molecule has 0 heterocycles. The summed E-state index contributed by atoms with van der Waals surface area (Å²) in [5.41, 5.74) is 0.328. The third-order valence-electron chi connectivity index (χ3n) is 2.05. The molecule has 0 saturated heterocycles. The van der Waals surface area contributed by atoms with E-state index in [-0.39, 0.29) is 0 Å². The molecule has 0 radical (unpaired) electrons. The number of hydrogen-bond acceptors (Lipinski definition) is 0. The Labute approximate surface area is 97.3 Å². The molecule has 0 saturated carbocycles. The van der Waals surface area contributed by atoms with E-state index >= 15 is 0 Å². The quantitative estimate of drug-likeness (QED) is 0.604. The average Bonchev–Trinajstić information content (AvgIpc) is 1.79. The Morgan fingerprint density at radius 3 is 1.92 bits per heavy atom. The van der Waals surface area contributed by atoms with Gasteiger partial charge in [0, 0.05) is 0 Å². The Kier molecular flexibility index (Phi) is 6.40. The fraction of sp³-hybridized carbons (Fsp3) is 1.00. The van der Waals surface area contributed by atoms with E-state index in [9.17, 15) is 0 Å². The van der Waals surface area contributed by atoms with Gasteiger partial charge in [0.15, 0.2) is 0 Å². The average molecular weight is 352 g/mol. The van der Waals surface area contributed by atoms with Gasteiger partial charge in [0.2, 0.25) is 0 Å². The summed E-state index contributed by atoms with van der Waals surface area (Å²) < 4.78 is 0.846. The van der Waals surface area contributed by atoms with Crippen molar-refractivity contribution in [2.24, 2.45) is 11.3 Å². The minimum absolute atomic E-state index is 0.328. The SMILES string of the molecule is CC(C)CC(C)(C)C[CH2][Sn]([Cl])([Cl])[Cl]. The zero-order valence-corrected chi connectivity index (χ0v) is 14.0. The zero-order chi connectivity index (χ0) is 10.7. The molecule has 0 aromatic rings. The summed E-state index contributed by atoms with van der Waals surface area (Å²) in [6.45, 7) is 8.99. The number of halogens is 3. The second kappa shape index (κ2) is 5.67. The van der Waals surface area contributed by atoms with Crippen molar-refractivity contribution in [1.29, 1.82) is 0 Å². The van der Waals surface area contributed by atoms with Crippen LogP contribution in [0.15, 0.2) is 0 Å². The Morgan fingerprint density at radius 2 is 1.62 bits per heavy atom. The summed E-state index contributed by atoms with van der Waals surface area (Å²) in [5.74, 6) is 0.723. The molecule has 0 amide bonds. The molecule has 80 valence electrons. The molecule has 0 fully saturated rings. The van der Waals surface area contributed by atoms with Gasteiger partial charge in [0.05, 0.1) is 0 Å². The third-order valence-corrected chi connectivity index (χ3v) is 8.18. The van der Waals surface area contributed by atoms with Gasteiger partial charge >= 0.3 is 98.1 Å². The summed E-state index contributed by atoms with van der Waals surface area (Å²) >= 11 is -3.07. The van der Waals surface area contributed by atoms with E-state index in [2.05, 4.69) is 27.7 Å². The van der Waals surface area contributed by atoms with Crippen LogP contribution in [-0.2, 0) is 0 Å². The van der Waals surface area contributed by atoms with Crippen molar-refractivity contribution in [2.45, 2.75) is 45.0 Å². The number of hydrogen-bond donors (Lipinski definition) is 0. The maximum atomic E-state index is 5.92. The van der Waals surface area contributed by atoms with E-state index in [1.165, 1.54) is 6.42 Å². The Bertz CT molecular complexity index is 149. The predicted octanol–water partition coefficient (Wildman–Crippen LogP) is 5.10. The van der Waals surface area contributed by atoms with Gasteiger partial charge in [0.1, 0.15) is 0 Å². The van der Waals surface area contributed by atoms with Crippen molar-refractivity contribution in [3.8, 4) is 0 Å². The van der Waals surface area contributed by atoms with Gasteiger partial charge in [-0.15, -0.1) is 0 Å². The van der Waals surface area contributed by atoms with E-state index in [0.29, 0.717) is 5.41 Å². The van der Waals surface area contributed by atoms with Gasteiger partial charge in [-0.25, -0.2) is 0 Å². The first-order valence-electron chi connectivity index (χ1n) is 4.69. The van der Waals surface area contributed by atoms with Gasteiger partial charge in [-0.1, -0.05) is 0 Å². The number of rotatable bonds is 5. The van der Waals surface area contributed by atoms with Gasteiger partial charge < -0.3 is 0 Å². The van der Waals surface area contributed by atoms with Crippen molar-refractivity contribution < 1.29 is 0 Å². The molecule has 0 aliphatic carbocycles. The molecule has 0 atom stereocenters. The normalized spacial score (nSPS) is 13.8. The fourth-order valence-corrected chi connectivity index (χ4v) is 6.33. The maximum absolute atomic E-state index is 5.92. The van der Waals surface area contributed by atoms with Crippen molar-refractivity contribution >= 4 is 41.8 Å². The molecule has 4 heteroatoms. The molecular weight excluding hydrogens is 333 g/mol. The Morgan fingerprint density at radius 1 is 1.15 bits per heavy atom. The molecule has 0 nitrogen and oxygen atoms in total. The topological polar surface area (TPSA) is 0 Å². The summed E-state index contributed by atoms with van der Waals surface area (Å²) in [6, 6.07) is 0. The van der Waals surface area contributed by atoms with E-state index in [1.54, 1.807) is 0 Å². The second-order valence-corrected chi connectivity index (χ2v) is 26.7. The van der Waals surface area contributed by atoms with Crippen LogP contribution in [0.1, 0.15) is 40.5 Å². The van der Waals surface area contributed by atoms with Crippen LogP contribution in [0, 0.1) is 11.3 Å². The van der Waals surface area contributed by atoms with E-state index < -0.39 is 15.0 Å². The van der Waals surface area contributed by atoms with E-state index in [4.69, 9.17) is 26.8 Å². The van der Waals surface area contributed by atoms with E-state index in [1.807, 2.05) is 0 Å². The zero-order valence-electron chi connectivity index (χ0n) is 8.83. The summed E-state index contributed by atoms with van der Waals surface area (Å²) in [6.07, 6.45) is 2.26. The van der Waals surface area contributed by atoms with Crippen LogP contribution >= 0.6 is 26.8 Å². The summed E-state index contributed by atoms with van der Waals surface area (Å²) in [4.78, 5) is 0. The molecule has 0 unspecified atom stereocenters. The molecule has 0 bridgehead atoms. The first kappa shape index (κ1) is 14.7. The molecular formula is C9H19Cl3Sn. The van der Waals surface area contributed by atoms with Crippen molar-refractivity contribution in [3.05, 3.63) is 0 Å². The summed E-state index contributed by atoms with van der Waals surface area (Å²) in [7, 11) is 17.7. The van der Waals surface area contributed by atoms with Crippen molar-refractivity contribution in [2.75, 3.05) is 0 Å². The van der Waals surface area contributed by atoms with Crippen LogP contribution in [-0.4, -0.2) is 15.0 Å². The molecule has 0 aromatic carbocycles. The van der Waals surface area contributed by atoms with Crippen LogP contribution in [0.2, 0.25) is 4.44 Å². The Hall–Kier alpha value is 1.67. The predicted molar refractivity (Wildman–Crippen MR) is 66.0 cm³/mol. The van der Waals surface area contributed by atoms with Gasteiger partial charge in [-0.05, 0) is 0 Å². The standard InChI is InChI=1S/C9H19.3ClH.Sn/c1-6-9(4,5)7-8(2)3;;;;/h8H,1,6-7H2,2-5H3;3*1H;/q;;;;+3/p-3. The van der Waals surface area contributed by atoms with Crippen LogP contribution in [0.25, 0.3) is 0 Å². The Balaban J connectivity index is 3.89. The minimum atomic E-state index is -3.07. The van der Waals surface area contributed by atoms with Crippen LogP contribution in [0.3, 0.4) is 0 Å². The monoisotopic (exact) mass is 352 g/mol. The molecule has 0 aliphatic heterocycles. The fourth-order valence-electron chi connectivity index (χ4n) is 1.69. The van der Waals surface area contributed by atoms with Crippen LogP contribution in [0.5, 0.6) is 0 Å². The molecule has 0 aliphatic rings. The van der Waals surface area contributed by atoms with Gasteiger partial charge in [-0.2, -0.15) is 0 Å². The van der Waals surface area contributed by atoms with Gasteiger partial charge in [0.25, 0.3) is 0 Å². The van der Waals surface area contributed by atoms with Crippen LogP contribution < -0.4 is 0 Å². The first-order valence-corrected chi connectivity index (χ1v) is 17.6. The second-order valence-electron chi connectivity index (χ2n) is 4.88. The third kappa shape index (κ3) is 9.96. The molecule has 0 N–H and O–H groups in total. The first-order chi connectivity index (χ1) is 5.62. The van der Waals surface area contributed by atoms with Crippen molar-refractivity contribution in [1.82, 2.24) is 0 Å². The van der Waals surface area contributed by atoms with E-state index in [0.717, 1.165) is 16.8 Å². The molecule has 13 heavy (non-hydrogen) atoms. The summed E-state index contributed by atoms with van der Waals surface area (Å²) in [5, 5.41) is 0. The van der Waals surface area contributed by atoms with Crippen molar-refractivity contribution in [3.63, 3.8) is 0 Å². The molecule has 0 aromatic heterocycles.